The van der Waals surface area contributed by atoms with Crippen molar-refractivity contribution >= 4 is 0 Å². The molecule has 0 saturated carbocycles. The summed E-state index contributed by atoms with van der Waals surface area (Å²) in [5, 5.41) is 0. The SMILES string of the molecule is C=CCc1cccc(OC)c1C(F)(F)F.COC. The molecule has 2 nitrogen and oxygen atoms in total. The highest BCUT2D eigenvalue weighted by atomic mass is 19.4. The van der Waals surface area contributed by atoms with Crippen LogP contribution in [0.5, 0.6) is 5.75 Å². The standard InChI is InChI=1S/C11H11F3O.C2H6O/c1-3-5-8-6-4-7-9(15-2)10(8)11(12,13)14;1-3-2/h3-4,6-7H,1,5H2,2H3;1-2H3. The summed E-state index contributed by atoms with van der Waals surface area (Å²) in [6.45, 7) is 3.43. The van der Waals surface area contributed by atoms with Crippen molar-refractivity contribution < 1.29 is 22.6 Å². The number of benzene rings is 1. The second-order valence-corrected chi connectivity index (χ2v) is 3.39. The summed E-state index contributed by atoms with van der Waals surface area (Å²) >= 11 is 0. The van der Waals surface area contributed by atoms with Gasteiger partial charge in [-0.25, -0.2) is 0 Å². The molecular formula is C13H17F3O2. The number of methoxy groups -OCH3 is 2. The zero-order valence-electron chi connectivity index (χ0n) is 10.7. The Labute approximate surface area is 105 Å². The Morgan fingerprint density at radius 1 is 1.22 bits per heavy atom. The third-order valence-electron chi connectivity index (χ3n) is 1.98. The van der Waals surface area contributed by atoms with E-state index in [-0.39, 0.29) is 17.7 Å². The van der Waals surface area contributed by atoms with Gasteiger partial charge in [0.05, 0.1) is 7.11 Å². The molecule has 0 radical (unpaired) electrons. The predicted molar refractivity (Wildman–Crippen MR) is 64.8 cm³/mol. The van der Waals surface area contributed by atoms with E-state index in [9.17, 15) is 13.2 Å². The minimum Gasteiger partial charge on any atom is -0.496 e. The maximum Gasteiger partial charge on any atom is 0.420 e. The number of hydrogen-bond donors (Lipinski definition) is 0. The normalized spacial score (nSPS) is 10.3. The van der Waals surface area contributed by atoms with Crippen LogP contribution in [0, 0.1) is 0 Å². The molecule has 0 aromatic heterocycles. The molecule has 5 heteroatoms. The molecule has 0 unspecified atom stereocenters. The Morgan fingerprint density at radius 3 is 2.17 bits per heavy atom. The van der Waals surface area contributed by atoms with E-state index in [1.807, 2.05) is 0 Å². The summed E-state index contributed by atoms with van der Waals surface area (Å²) in [6.07, 6.45) is -2.79. The van der Waals surface area contributed by atoms with Gasteiger partial charge in [0.15, 0.2) is 0 Å². The highest BCUT2D eigenvalue weighted by molar-refractivity contribution is 5.43. The fraction of sp³-hybridized carbons (Fsp3) is 0.385. The molecule has 1 aromatic rings. The highest BCUT2D eigenvalue weighted by Crippen LogP contribution is 2.38. The van der Waals surface area contributed by atoms with Crippen molar-refractivity contribution in [3.63, 3.8) is 0 Å². The molecule has 18 heavy (non-hydrogen) atoms. The lowest BCUT2D eigenvalue weighted by Crippen LogP contribution is -2.11. The second kappa shape index (κ2) is 7.76. The first-order valence-electron chi connectivity index (χ1n) is 5.16. The van der Waals surface area contributed by atoms with E-state index in [0.29, 0.717) is 0 Å². The van der Waals surface area contributed by atoms with Crippen LogP contribution < -0.4 is 4.74 Å². The average Bonchev–Trinajstić information content (AvgIpc) is 2.28. The number of halogens is 3. The molecule has 0 aliphatic heterocycles. The van der Waals surface area contributed by atoms with Gasteiger partial charge in [0.25, 0.3) is 0 Å². The van der Waals surface area contributed by atoms with Crippen molar-refractivity contribution in [2.45, 2.75) is 12.6 Å². The Bertz CT molecular complexity index is 373. The van der Waals surface area contributed by atoms with Gasteiger partial charge in [-0.3, -0.25) is 0 Å². The van der Waals surface area contributed by atoms with Crippen LogP contribution in [0.15, 0.2) is 30.9 Å². The first-order chi connectivity index (χ1) is 8.42. The molecule has 1 rings (SSSR count). The third kappa shape index (κ3) is 4.79. The molecular weight excluding hydrogens is 245 g/mol. The van der Waals surface area contributed by atoms with Gasteiger partial charge in [0, 0.05) is 14.2 Å². The van der Waals surface area contributed by atoms with E-state index in [0.717, 1.165) is 0 Å². The minimum atomic E-state index is -4.40. The highest BCUT2D eigenvalue weighted by Gasteiger charge is 2.36. The van der Waals surface area contributed by atoms with Crippen LogP contribution in [0.4, 0.5) is 13.2 Å². The van der Waals surface area contributed by atoms with Gasteiger partial charge >= 0.3 is 6.18 Å². The molecule has 0 spiro atoms. The van der Waals surface area contributed by atoms with Gasteiger partial charge in [-0.15, -0.1) is 6.58 Å². The number of hydrogen-bond acceptors (Lipinski definition) is 2. The zero-order chi connectivity index (χ0) is 14.2. The fourth-order valence-corrected chi connectivity index (χ4v) is 1.39. The van der Waals surface area contributed by atoms with E-state index in [1.54, 1.807) is 14.2 Å². The van der Waals surface area contributed by atoms with Crippen LogP contribution in [0.3, 0.4) is 0 Å². The van der Waals surface area contributed by atoms with Crippen molar-refractivity contribution in [3.8, 4) is 5.75 Å². The number of allylic oxidation sites excluding steroid dienone is 1. The maximum absolute atomic E-state index is 12.7. The molecule has 0 heterocycles. The lowest BCUT2D eigenvalue weighted by atomic mass is 10.0. The van der Waals surface area contributed by atoms with Gasteiger partial charge in [-0.1, -0.05) is 18.2 Å². The Hall–Kier alpha value is -1.49. The molecule has 0 aliphatic rings. The first kappa shape index (κ1) is 16.5. The molecule has 0 N–H and O–H groups in total. The summed E-state index contributed by atoms with van der Waals surface area (Å²) in [4.78, 5) is 0. The van der Waals surface area contributed by atoms with Crippen LogP contribution in [-0.2, 0) is 17.3 Å². The monoisotopic (exact) mass is 262 g/mol. The molecule has 1 aromatic carbocycles. The van der Waals surface area contributed by atoms with Crippen molar-refractivity contribution in [2.24, 2.45) is 0 Å². The summed E-state index contributed by atoms with van der Waals surface area (Å²) in [5.41, 5.74) is -0.538. The maximum atomic E-state index is 12.7. The van der Waals surface area contributed by atoms with E-state index in [2.05, 4.69) is 11.3 Å². The number of rotatable bonds is 3. The van der Waals surface area contributed by atoms with Gasteiger partial charge in [-0.2, -0.15) is 13.2 Å². The van der Waals surface area contributed by atoms with Crippen LogP contribution in [0.2, 0.25) is 0 Å². The van der Waals surface area contributed by atoms with E-state index in [1.165, 1.54) is 31.4 Å². The molecule has 102 valence electrons. The van der Waals surface area contributed by atoms with Crippen LogP contribution in [0.1, 0.15) is 11.1 Å². The summed E-state index contributed by atoms with van der Waals surface area (Å²) in [7, 11) is 4.47. The largest absolute Gasteiger partial charge is 0.496 e. The average molecular weight is 262 g/mol. The van der Waals surface area contributed by atoms with Gasteiger partial charge in [-0.05, 0) is 18.1 Å². The molecule has 0 amide bonds. The number of alkyl halides is 3. The quantitative estimate of drug-likeness (QED) is 0.773. The van der Waals surface area contributed by atoms with Crippen LogP contribution in [0.25, 0.3) is 0 Å². The van der Waals surface area contributed by atoms with Crippen molar-refractivity contribution in [3.05, 3.63) is 42.0 Å². The summed E-state index contributed by atoms with van der Waals surface area (Å²) < 4.78 is 47.1. The molecule has 0 bridgehead atoms. The predicted octanol–water partition coefficient (Wildman–Crippen LogP) is 3.71. The van der Waals surface area contributed by atoms with Crippen LogP contribution in [-0.4, -0.2) is 21.3 Å². The van der Waals surface area contributed by atoms with E-state index in [4.69, 9.17) is 4.74 Å². The zero-order valence-corrected chi connectivity index (χ0v) is 10.7. The molecule has 0 aliphatic carbocycles. The fourth-order valence-electron chi connectivity index (χ4n) is 1.39. The van der Waals surface area contributed by atoms with Crippen molar-refractivity contribution in [1.82, 2.24) is 0 Å². The van der Waals surface area contributed by atoms with E-state index >= 15 is 0 Å². The lowest BCUT2D eigenvalue weighted by Gasteiger charge is -2.15. The van der Waals surface area contributed by atoms with Crippen molar-refractivity contribution in [2.75, 3.05) is 21.3 Å². The summed E-state index contributed by atoms with van der Waals surface area (Å²) in [6, 6.07) is 4.26. The minimum absolute atomic E-state index is 0.151. The molecule has 0 atom stereocenters. The first-order valence-corrected chi connectivity index (χ1v) is 5.16. The topological polar surface area (TPSA) is 18.5 Å². The second-order valence-electron chi connectivity index (χ2n) is 3.39. The van der Waals surface area contributed by atoms with Crippen molar-refractivity contribution in [1.29, 1.82) is 0 Å². The Kier molecular flexibility index (Phi) is 7.12. The van der Waals surface area contributed by atoms with Gasteiger partial charge in [0.2, 0.25) is 0 Å². The lowest BCUT2D eigenvalue weighted by molar-refractivity contribution is -0.139. The number of ether oxygens (including phenoxy) is 2. The Morgan fingerprint density at radius 2 is 1.78 bits per heavy atom. The molecule has 0 fully saturated rings. The third-order valence-corrected chi connectivity index (χ3v) is 1.98. The van der Waals surface area contributed by atoms with Gasteiger partial charge in [0.1, 0.15) is 11.3 Å². The smallest absolute Gasteiger partial charge is 0.420 e. The van der Waals surface area contributed by atoms with Crippen LogP contribution >= 0.6 is 0 Å². The Balaban J connectivity index is 0.000000873. The summed E-state index contributed by atoms with van der Waals surface area (Å²) in [5.74, 6) is -0.151. The molecule has 0 saturated heterocycles. The van der Waals surface area contributed by atoms with Gasteiger partial charge < -0.3 is 9.47 Å². The van der Waals surface area contributed by atoms with E-state index < -0.39 is 11.7 Å².